The van der Waals surface area contributed by atoms with E-state index in [1.54, 1.807) is 18.5 Å². The molecule has 3 aromatic rings. The second-order valence-electron chi connectivity index (χ2n) is 6.62. The Morgan fingerprint density at radius 3 is 2.37 bits per heavy atom. The third-order valence-electron chi connectivity index (χ3n) is 4.64. The van der Waals surface area contributed by atoms with Crippen LogP contribution in [0.2, 0.25) is 0 Å². The van der Waals surface area contributed by atoms with E-state index in [0.29, 0.717) is 6.54 Å². The van der Waals surface area contributed by atoms with Gasteiger partial charge in [-0.25, -0.2) is 0 Å². The lowest BCUT2D eigenvalue weighted by atomic mass is 9.95. The van der Waals surface area contributed by atoms with Gasteiger partial charge in [0.1, 0.15) is 0 Å². The molecule has 2 aromatic carbocycles. The highest BCUT2D eigenvalue weighted by molar-refractivity contribution is 5.99. The topological polar surface area (TPSA) is 42.0 Å². The molecule has 0 aliphatic carbocycles. The summed E-state index contributed by atoms with van der Waals surface area (Å²) in [4.78, 5) is 16.6. The largest absolute Gasteiger partial charge is 0.352 e. The zero-order chi connectivity index (χ0) is 19.1. The van der Waals surface area contributed by atoms with Crippen LogP contribution in [0.15, 0.2) is 79.1 Å². The monoisotopic (exact) mass is 356 g/mol. The number of nitrogens with one attached hydrogen (secondary N) is 1. The van der Waals surface area contributed by atoms with Gasteiger partial charge in [-0.2, -0.15) is 0 Å². The molecule has 27 heavy (non-hydrogen) atoms. The van der Waals surface area contributed by atoms with E-state index in [9.17, 15) is 4.79 Å². The van der Waals surface area contributed by atoms with E-state index in [1.807, 2.05) is 30.3 Å². The summed E-state index contributed by atoms with van der Waals surface area (Å²) in [5, 5.41) is 3.00. The van der Waals surface area contributed by atoms with Crippen LogP contribution in [0.3, 0.4) is 0 Å². The molecular formula is C24H24N2O. The molecule has 3 rings (SSSR count). The molecule has 3 heteroatoms. The Kier molecular flexibility index (Phi) is 6.16. The molecule has 136 valence electrons. The van der Waals surface area contributed by atoms with E-state index < -0.39 is 0 Å². The van der Waals surface area contributed by atoms with Crippen LogP contribution in [0.4, 0.5) is 0 Å². The molecule has 3 nitrogen and oxygen atoms in total. The summed E-state index contributed by atoms with van der Waals surface area (Å²) in [6.45, 7) is 4.78. The molecule has 0 saturated carbocycles. The molecule has 0 saturated heterocycles. The number of amides is 1. The molecule has 1 amide bonds. The molecule has 1 heterocycles. The van der Waals surface area contributed by atoms with Gasteiger partial charge < -0.3 is 5.32 Å². The van der Waals surface area contributed by atoms with Crippen LogP contribution in [-0.2, 0) is 11.2 Å². The van der Waals surface area contributed by atoms with Gasteiger partial charge in [-0.3, -0.25) is 9.78 Å². The number of rotatable bonds is 6. The Labute approximate surface area is 160 Å². The van der Waals surface area contributed by atoms with Crippen LogP contribution in [0.1, 0.15) is 27.8 Å². The summed E-state index contributed by atoms with van der Waals surface area (Å²) in [5.41, 5.74) is 6.56. The fourth-order valence-corrected chi connectivity index (χ4v) is 2.93. The molecule has 0 aliphatic heterocycles. The number of hydrogen-bond donors (Lipinski definition) is 1. The van der Waals surface area contributed by atoms with Crippen LogP contribution >= 0.6 is 0 Å². The number of aromatic nitrogens is 1. The third-order valence-corrected chi connectivity index (χ3v) is 4.64. The summed E-state index contributed by atoms with van der Waals surface area (Å²) < 4.78 is 0. The highest BCUT2D eigenvalue weighted by Crippen LogP contribution is 2.24. The minimum atomic E-state index is -0.0871. The Morgan fingerprint density at radius 1 is 0.926 bits per heavy atom. The number of carbonyl (C=O) groups excluding carboxylic acids is 1. The van der Waals surface area contributed by atoms with Gasteiger partial charge >= 0.3 is 0 Å². The Bertz CT molecular complexity index is 931. The van der Waals surface area contributed by atoms with Crippen LogP contribution < -0.4 is 5.32 Å². The first-order valence-electron chi connectivity index (χ1n) is 9.15. The minimum Gasteiger partial charge on any atom is -0.352 e. The third kappa shape index (κ3) is 5.14. The summed E-state index contributed by atoms with van der Waals surface area (Å²) in [7, 11) is 0. The van der Waals surface area contributed by atoms with Crippen molar-refractivity contribution in [3.8, 4) is 0 Å². The summed E-state index contributed by atoms with van der Waals surface area (Å²) in [6, 6.07) is 20.3. The second-order valence-corrected chi connectivity index (χ2v) is 6.62. The predicted octanol–water partition coefficient (Wildman–Crippen LogP) is 4.49. The Morgan fingerprint density at radius 2 is 1.67 bits per heavy atom. The lowest BCUT2D eigenvalue weighted by Crippen LogP contribution is -2.24. The maximum Gasteiger partial charge on any atom is 0.244 e. The number of carbonyl (C=O) groups is 1. The van der Waals surface area contributed by atoms with Crippen LogP contribution in [0, 0.1) is 13.8 Å². The summed E-state index contributed by atoms with van der Waals surface area (Å²) >= 11 is 0. The van der Waals surface area contributed by atoms with Crippen molar-refractivity contribution >= 4 is 11.5 Å². The van der Waals surface area contributed by atoms with Crippen molar-refractivity contribution in [3.05, 3.63) is 107 Å². The predicted molar refractivity (Wildman–Crippen MR) is 110 cm³/mol. The molecule has 1 N–H and O–H groups in total. The Hall–Kier alpha value is -3.20. The zero-order valence-electron chi connectivity index (χ0n) is 15.8. The quantitative estimate of drug-likeness (QED) is 0.661. The van der Waals surface area contributed by atoms with Crippen molar-refractivity contribution in [2.24, 2.45) is 0 Å². The van der Waals surface area contributed by atoms with Crippen molar-refractivity contribution in [2.75, 3.05) is 6.54 Å². The normalized spacial score (nSPS) is 11.3. The van der Waals surface area contributed by atoms with E-state index in [4.69, 9.17) is 0 Å². The first-order chi connectivity index (χ1) is 13.1. The summed E-state index contributed by atoms with van der Waals surface area (Å²) in [6.07, 6.45) is 5.99. The number of nitrogens with zero attached hydrogens (tertiary/aromatic N) is 1. The molecule has 0 atom stereocenters. The first kappa shape index (κ1) is 18.6. The van der Waals surface area contributed by atoms with Crippen molar-refractivity contribution in [3.63, 3.8) is 0 Å². The van der Waals surface area contributed by atoms with Crippen molar-refractivity contribution in [1.29, 1.82) is 0 Å². The Balaban J connectivity index is 1.79. The lowest BCUT2D eigenvalue weighted by Gasteiger charge is -2.11. The fourth-order valence-electron chi connectivity index (χ4n) is 2.93. The number of benzene rings is 2. The number of aryl methyl sites for hydroxylation is 2. The van der Waals surface area contributed by atoms with Gasteiger partial charge in [0.2, 0.25) is 5.91 Å². The highest BCUT2D eigenvalue weighted by atomic mass is 16.1. The average Bonchev–Trinajstić information content (AvgIpc) is 2.70. The van der Waals surface area contributed by atoms with E-state index in [0.717, 1.165) is 23.1 Å². The second kappa shape index (κ2) is 8.95. The van der Waals surface area contributed by atoms with E-state index >= 15 is 0 Å². The fraction of sp³-hybridized carbons (Fsp3) is 0.167. The van der Waals surface area contributed by atoms with Gasteiger partial charge in [-0.15, -0.1) is 0 Å². The summed E-state index contributed by atoms with van der Waals surface area (Å²) in [5.74, 6) is -0.0871. The lowest BCUT2D eigenvalue weighted by molar-refractivity contribution is -0.116. The number of pyridine rings is 1. The van der Waals surface area contributed by atoms with E-state index in [1.165, 1.54) is 16.7 Å². The highest BCUT2D eigenvalue weighted by Gasteiger charge is 2.09. The maximum atomic E-state index is 12.5. The molecule has 0 spiro atoms. The molecule has 1 aromatic heterocycles. The minimum absolute atomic E-state index is 0.0871. The standard InChI is InChI=1S/C24H24N2O/c1-18-8-9-22(16-19(18)2)23(21-11-13-25-14-12-21)17-24(27)26-15-10-20-6-4-3-5-7-20/h3-9,11-14,16-17H,10,15H2,1-2H3,(H,26,27)/b23-17+. The maximum absolute atomic E-state index is 12.5. The van der Waals surface area contributed by atoms with Gasteiger partial charge in [0.05, 0.1) is 0 Å². The SMILES string of the molecule is Cc1ccc(/C(=C/C(=O)NCCc2ccccc2)c2ccncc2)cc1C. The smallest absolute Gasteiger partial charge is 0.244 e. The zero-order valence-corrected chi connectivity index (χ0v) is 15.8. The molecule has 0 aliphatic rings. The van der Waals surface area contributed by atoms with Crippen molar-refractivity contribution < 1.29 is 4.79 Å². The van der Waals surface area contributed by atoms with Gasteiger partial charge in [0.25, 0.3) is 0 Å². The molecular weight excluding hydrogens is 332 g/mol. The van der Waals surface area contributed by atoms with Gasteiger partial charge in [0.15, 0.2) is 0 Å². The molecule has 0 bridgehead atoms. The van der Waals surface area contributed by atoms with Crippen LogP contribution in [-0.4, -0.2) is 17.4 Å². The van der Waals surface area contributed by atoms with Gasteiger partial charge in [-0.05, 0) is 65.8 Å². The van der Waals surface area contributed by atoms with Gasteiger partial charge in [0, 0.05) is 25.0 Å². The van der Waals surface area contributed by atoms with Crippen LogP contribution in [0.5, 0.6) is 0 Å². The van der Waals surface area contributed by atoms with Gasteiger partial charge in [-0.1, -0.05) is 48.5 Å². The van der Waals surface area contributed by atoms with E-state index in [2.05, 4.69) is 54.5 Å². The molecule has 0 radical (unpaired) electrons. The average molecular weight is 356 g/mol. The molecule has 0 fully saturated rings. The number of hydrogen-bond acceptors (Lipinski definition) is 2. The molecule has 0 unspecified atom stereocenters. The van der Waals surface area contributed by atoms with Crippen LogP contribution in [0.25, 0.3) is 5.57 Å². The first-order valence-corrected chi connectivity index (χ1v) is 9.15. The van der Waals surface area contributed by atoms with Crippen molar-refractivity contribution in [1.82, 2.24) is 10.3 Å². The van der Waals surface area contributed by atoms with Crippen molar-refractivity contribution in [2.45, 2.75) is 20.3 Å². The van der Waals surface area contributed by atoms with E-state index in [-0.39, 0.29) is 5.91 Å².